The van der Waals surface area contributed by atoms with Crippen LogP contribution in [0.5, 0.6) is 5.75 Å². The van der Waals surface area contributed by atoms with E-state index in [1.807, 2.05) is 18.2 Å². The number of aliphatic imine (C=N–C) groups is 1. The second-order valence-electron chi connectivity index (χ2n) is 7.29. The van der Waals surface area contributed by atoms with E-state index in [0.29, 0.717) is 0 Å². The maximum Gasteiger partial charge on any atom is 0.142 e. The van der Waals surface area contributed by atoms with Crippen LogP contribution >= 0.6 is 0 Å². The molecule has 1 unspecified atom stereocenters. The molecule has 0 N–H and O–H groups in total. The summed E-state index contributed by atoms with van der Waals surface area (Å²) in [7, 11) is 0.682. The third kappa shape index (κ3) is 4.28. The molecular weight excluding hydrogens is 370 g/mol. The molecule has 148 valence electrons. The van der Waals surface area contributed by atoms with Gasteiger partial charge in [-0.1, -0.05) is 18.2 Å². The zero-order chi connectivity index (χ0) is 19.3. The third-order valence-electron chi connectivity index (χ3n) is 5.52. The lowest BCUT2D eigenvalue weighted by Crippen LogP contribution is -2.46. The molecule has 2 aromatic rings. The smallest absolute Gasteiger partial charge is 0.142 e. The summed E-state index contributed by atoms with van der Waals surface area (Å²) in [5.74, 6) is 0.955. The lowest BCUT2D eigenvalue weighted by Gasteiger charge is -2.36. The maximum absolute atomic E-state index is 11.9. The average molecular weight is 398 g/mol. The fourth-order valence-electron chi connectivity index (χ4n) is 3.91. The highest BCUT2D eigenvalue weighted by Gasteiger charge is 2.19. The minimum Gasteiger partial charge on any atom is -0.495 e. The fraction of sp³-hybridized carbons (Fsp3) is 0.409. The van der Waals surface area contributed by atoms with Gasteiger partial charge in [-0.25, -0.2) is 9.20 Å². The summed E-state index contributed by atoms with van der Waals surface area (Å²) in [6.07, 6.45) is 3.37. The van der Waals surface area contributed by atoms with E-state index in [1.54, 1.807) is 7.11 Å². The van der Waals surface area contributed by atoms with Gasteiger partial charge in [0, 0.05) is 26.2 Å². The molecule has 0 amide bonds. The van der Waals surface area contributed by atoms with Crippen LogP contribution in [0.15, 0.2) is 52.4 Å². The Morgan fingerprint density at radius 1 is 1.07 bits per heavy atom. The van der Waals surface area contributed by atoms with Crippen LogP contribution in [0.4, 0.5) is 11.4 Å². The standard InChI is InChI=1S/C22H27N3O2S/c1-27-21-8-3-2-7-20(21)25-14-12-24(13-15-25)11-5-4-6-18-9-10-19-22(16-18)28(26)17-23-19/h2-3,7-10,16-17H,4-6,11-15H2,1H3. The van der Waals surface area contributed by atoms with Crippen molar-refractivity contribution in [3.63, 3.8) is 0 Å². The molecule has 6 heteroatoms. The Hall–Kier alpha value is -2.18. The van der Waals surface area contributed by atoms with Crippen molar-refractivity contribution in [1.82, 2.24) is 4.90 Å². The molecular formula is C22H27N3O2S. The number of unbranched alkanes of at least 4 members (excludes halogenated alkanes) is 1. The second-order valence-corrected chi connectivity index (χ2v) is 8.54. The number of anilines is 1. The number of aryl methyl sites for hydroxylation is 1. The van der Waals surface area contributed by atoms with Crippen molar-refractivity contribution in [2.75, 3.05) is 44.7 Å². The molecule has 2 aliphatic heterocycles. The monoisotopic (exact) mass is 397 g/mol. The van der Waals surface area contributed by atoms with Gasteiger partial charge < -0.3 is 9.64 Å². The highest BCUT2D eigenvalue weighted by Crippen LogP contribution is 2.29. The van der Waals surface area contributed by atoms with Gasteiger partial charge >= 0.3 is 0 Å². The number of rotatable bonds is 7. The summed E-state index contributed by atoms with van der Waals surface area (Å²) in [6, 6.07) is 14.4. The van der Waals surface area contributed by atoms with Gasteiger partial charge in [0.15, 0.2) is 0 Å². The minimum absolute atomic E-state index is 0.856. The Bertz CT molecular complexity index is 876. The molecule has 1 saturated heterocycles. The molecule has 0 radical (unpaired) electrons. The molecule has 4 rings (SSSR count). The first-order valence-corrected chi connectivity index (χ1v) is 11.1. The summed E-state index contributed by atoms with van der Waals surface area (Å²) in [6.45, 7) is 5.40. The topological polar surface area (TPSA) is 45.1 Å². The Labute approximate surface area is 169 Å². The summed E-state index contributed by atoms with van der Waals surface area (Å²) >= 11 is 0. The number of hydrogen-bond donors (Lipinski definition) is 0. The van der Waals surface area contributed by atoms with Gasteiger partial charge in [-0.2, -0.15) is 0 Å². The van der Waals surface area contributed by atoms with Crippen LogP contribution in [0.1, 0.15) is 18.4 Å². The van der Waals surface area contributed by atoms with Crippen molar-refractivity contribution >= 4 is 27.7 Å². The van der Waals surface area contributed by atoms with Crippen LogP contribution in [0, 0.1) is 0 Å². The predicted molar refractivity (Wildman–Crippen MR) is 116 cm³/mol. The zero-order valence-corrected chi connectivity index (χ0v) is 17.2. The van der Waals surface area contributed by atoms with E-state index in [4.69, 9.17) is 4.74 Å². The summed E-state index contributed by atoms with van der Waals surface area (Å²) < 4.78 is 17.4. The van der Waals surface area contributed by atoms with Crippen LogP contribution in [-0.2, 0) is 17.2 Å². The number of ether oxygens (including phenoxy) is 1. The lowest BCUT2D eigenvalue weighted by molar-refractivity contribution is 0.252. The van der Waals surface area contributed by atoms with Gasteiger partial charge in [0.2, 0.25) is 0 Å². The van der Waals surface area contributed by atoms with Gasteiger partial charge in [0.05, 0.1) is 39.7 Å². The van der Waals surface area contributed by atoms with E-state index in [9.17, 15) is 4.21 Å². The van der Waals surface area contributed by atoms with E-state index in [2.05, 4.69) is 39.1 Å². The van der Waals surface area contributed by atoms with Crippen LogP contribution in [0.2, 0.25) is 0 Å². The molecule has 2 aromatic carbocycles. The lowest BCUT2D eigenvalue weighted by atomic mass is 10.1. The number of nitrogens with zero attached hydrogens (tertiary/aromatic N) is 3. The quantitative estimate of drug-likeness (QED) is 0.670. The number of hydrogen-bond acceptors (Lipinski definition) is 5. The van der Waals surface area contributed by atoms with E-state index in [-0.39, 0.29) is 0 Å². The van der Waals surface area contributed by atoms with Crippen molar-refractivity contribution in [3.05, 3.63) is 48.0 Å². The Balaban J connectivity index is 1.20. The van der Waals surface area contributed by atoms with Crippen LogP contribution in [0.3, 0.4) is 0 Å². The number of methoxy groups -OCH3 is 1. The molecule has 28 heavy (non-hydrogen) atoms. The average Bonchev–Trinajstić information content (AvgIpc) is 3.12. The van der Waals surface area contributed by atoms with E-state index < -0.39 is 10.8 Å². The van der Waals surface area contributed by atoms with Crippen molar-refractivity contribution in [1.29, 1.82) is 0 Å². The first kappa shape index (κ1) is 19.2. The zero-order valence-electron chi connectivity index (χ0n) is 16.3. The van der Waals surface area contributed by atoms with Gasteiger partial charge in [0.25, 0.3) is 0 Å². The summed E-state index contributed by atoms with van der Waals surface area (Å²) in [4.78, 5) is 10.0. The number of benzene rings is 2. The molecule has 1 fully saturated rings. The van der Waals surface area contributed by atoms with E-state index in [0.717, 1.165) is 61.9 Å². The van der Waals surface area contributed by atoms with Crippen LogP contribution in [0.25, 0.3) is 0 Å². The molecule has 2 aliphatic rings. The first-order chi connectivity index (χ1) is 13.7. The second kappa shape index (κ2) is 8.88. The van der Waals surface area contributed by atoms with Crippen molar-refractivity contribution < 1.29 is 8.95 Å². The summed E-state index contributed by atoms with van der Waals surface area (Å²) in [5.41, 5.74) is 4.84. The SMILES string of the molecule is COc1ccccc1N1CCN(CCCCc2ccc3c(c2)S(=O)C=N3)CC1. The predicted octanol–water partition coefficient (Wildman–Crippen LogP) is 3.62. The van der Waals surface area contributed by atoms with Crippen molar-refractivity contribution in [3.8, 4) is 5.75 Å². The number of fused-ring (bicyclic) bond motifs is 1. The number of para-hydroxylation sites is 2. The van der Waals surface area contributed by atoms with E-state index in [1.165, 1.54) is 23.2 Å². The molecule has 0 saturated carbocycles. The Morgan fingerprint density at radius 2 is 1.89 bits per heavy atom. The largest absolute Gasteiger partial charge is 0.495 e. The molecule has 0 bridgehead atoms. The maximum atomic E-state index is 11.9. The first-order valence-electron chi connectivity index (χ1n) is 9.92. The van der Waals surface area contributed by atoms with Gasteiger partial charge in [-0.15, -0.1) is 0 Å². The highest BCUT2D eigenvalue weighted by atomic mass is 32.2. The molecule has 0 aromatic heterocycles. The van der Waals surface area contributed by atoms with Gasteiger partial charge in [-0.3, -0.25) is 4.90 Å². The van der Waals surface area contributed by atoms with Crippen molar-refractivity contribution in [2.45, 2.75) is 24.2 Å². The molecule has 1 atom stereocenters. The normalized spacial score (nSPS) is 19.0. The third-order valence-corrected chi connectivity index (χ3v) is 6.57. The molecule has 0 spiro atoms. The van der Waals surface area contributed by atoms with Crippen LogP contribution < -0.4 is 9.64 Å². The van der Waals surface area contributed by atoms with Gasteiger partial charge in [0.1, 0.15) is 5.75 Å². The molecule has 5 nitrogen and oxygen atoms in total. The molecule has 0 aliphatic carbocycles. The Morgan fingerprint density at radius 3 is 2.71 bits per heavy atom. The Kier molecular flexibility index (Phi) is 6.07. The number of piperazine rings is 1. The van der Waals surface area contributed by atoms with Gasteiger partial charge in [-0.05, 0) is 55.6 Å². The van der Waals surface area contributed by atoms with E-state index >= 15 is 0 Å². The fourth-order valence-corrected chi connectivity index (χ4v) is 4.83. The highest BCUT2D eigenvalue weighted by molar-refractivity contribution is 7.99. The summed E-state index contributed by atoms with van der Waals surface area (Å²) in [5, 5.41) is 0. The minimum atomic E-state index is -1.05. The van der Waals surface area contributed by atoms with Crippen LogP contribution in [-0.4, -0.2) is 54.5 Å². The van der Waals surface area contributed by atoms with Crippen molar-refractivity contribution in [2.24, 2.45) is 4.99 Å². The molecule has 2 heterocycles.